The summed E-state index contributed by atoms with van der Waals surface area (Å²) in [7, 11) is 0. The van der Waals surface area contributed by atoms with E-state index in [2.05, 4.69) is 28.8 Å². The highest BCUT2D eigenvalue weighted by Gasteiger charge is 2.58. The summed E-state index contributed by atoms with van der Waals surface area (Å²) in [6.07, 6.45) is 3.02. The number of hydrogen-bond donors (Lipinski definition) is 1. The van der Waals surface area contributed by atoms with Crippen molar-refractivity contribution in [2.75, 3.05) is 5.32 Å². The van der Waals surface area contributed by atoms with Crippen LogP contribution in [0.15, 0.2) is 0 Å². The van der Waals surface area contributed by atoms with Gasteiger partial charge in [-0.15, -0.1) is 16.4 Å². The van der Waals surface area contributed by atoms with Crippen LogP contribution in [0.3, 0.4) is 0 Å². The molecule has 5 rings (SSSR count). The molecule has 1 N–H and O–H groups in total. The smallest absolute Gasteiger partial charge is 0.309 e. The van der Waals surface area contributed by atoms with E-state index >= 15 is 0 Å². The molecule has 0 aromatic carbocycles. The molecular weight excluding hydrogens is 408 g/mol. The van der Waals surface area contributed by atoms with E-state index in [9.17, 15) is 9.59 Å². The Morgan fingerprint density at radius 1 is 1.31 bits per heavy atom. The van der Waals surface area contributed by atoms with Gasteiger partial charge in [0.1, 0.15) is 11.0 Å². The molecule has 0 radical (unpaired) electrons. The highest BCUT2D eigenvalue weighted by molar-refractivity contribution is 7.16. The van der Waals surface area contributed by atoms with E-state index in [-0.39, 0.29) is 41.1 Å². The molecule has 29 heavy (non-hydrogen) atoms. The fraction of sp³-hybridized carbons (Fsp3) is 0.650. The number of carbonyl (C=O) groups is 2. The molecule has 1 amide bonds. The highest BCUT2D eigenvalue weighted by Crippen LogP contribution is 2.59. The maximum Gasteiger partial charge on any atom is 0.309 e. The van der Waals surface area contributed by atoms with Crippen molar-refractivity contribution in [1.29, 1.82) is 0 Å². The molecule has 2 aromatic rings. The molecule has 154 valence electrons. The van der Waals surface area contributed by atoms with Crippen LogP contribution in [0.25, 0.3) is 0 Å². The fourth-order valence-corrected chi connectivity index (χ4v) is 7.54. The number of thiazole rings is 1. The second kappa shape index (κ2) is 6.57. The third-order valence-electron chi connectivity index (χ3n) is 7.24. The molecule has 7 nitrogen and oxygen atoms in total. The molecule has 2 fully saturated rings. The topological polar surface area (TPSA) is 94.1 Å². The van der Waals surface area contributed by atoms with Gasteiger partial charge >= 0.3 is 5.97 Å². The molecule has 2 aliphatic carbocycles. The monoisotopic (exact) mass is 432 g/mol. The van der Waals surface area contributed by atoms with Crippen LogP contribution in [0.5, 0.6) is 0 Å². The van der Waals surface area contributed by atoms with Gasteiger partial charge in [0, 0.05) is 22.6 Å². The van der Waals surface area contributed by atoms with Crippen molar-refractivity contribution in [3.05, 3.63) is 21.1 Å². The Bertz CT molecular complexity index is 1000. The van der Waals surface area contributed by atoms with Gasteiger partial charge in [0.2, 0.25) is 0 Å². The van der Waals surface area contributed by atoms with Crippen molar-refractivity contribution in [1.82, 2.24) is 14.6 Å². The van der Waals surface area contributed by atoms with Crippen LogP contribution >= 0.6 is 22.9 Å². The highest BCUT2D eigenvalue weighted by atomic mass is 32.1. The molecule has 6 atom stereocenters. The first-order valence-electron chi connectivity index (χ1n) is 10.1. The number of ether oxygens (including phenoxy) is 1. The standard InChI is InChI=1S/C20H24N4O3S2/c1-8-11-5-6-20(4)7-12-14(9(2)13(20)15(11)27-18(8)26)21-19(28-12)22-17(25)16-10(3)23-24-29-16/h8-9,11,13,15H,5-7H2,1-4H3,(H,21,22,25)/t8-,9-,11+,13+,15-,20+/m0/s1. The van der Waals surface area contributed by atoms with Gasteiger partial charge in [0.15, 0.2) is 5.13 Å². The Morgan fingerprint density at radius 3 is 2.83 bits per heavy atom. The largest absolute Gasteiger partial charge is 0.461 e. The average Bonchev–Trinajstić information content (AvgIpc) is 3.33. The lowest BCUT2D eigenvalue weighted by atomic mass is 9.54. The van der Waals surface area contributed by atoms with Gasteiger partial charge in [-0.3, -0.25) is 14.9 Å². The number of nitrogens with one attached hydrogen (secondary N) is 1. The summed E-state index contributed by atoms with van der Waals surface area (Å²) >= 11 is 2.66. The van der Waals surface area contributed by atoms with Gasteiger partial charge in [-0.25, -0.2) is 4.98 Å². The first-order valence-corrected chi connectivity index (χ1v) is 11.7. The zero-order chi connectivity index (χ0) is 20.5. The van der Waals surface area contributed by atoms with Crippen LogP contribution in [0.4, 0.5) is 5.13 Å². The minimum absolute atomic E-state index is 0.0142. The Kier molecular flexibility index (Phi) is 4.33. The predicted molar refractivity (Wildman–Crippen MR) is 110 cm³/mol. The number of hydrogen-bond acceptors (Lipinski definition) is 8. The van der Waals surface area contributed by atoms with Gasteiger partial charge in [0.25, 0.3) is 5.91 Å². The average molecular weight is 433 g/mol. The zero-order valence-electron chi connectivity index (χ0n) is 16.9. The summed E-state index contributed by atoms with van der Waals surface area (Å²) < 4.78 is 9.72. The van der Waals surface area contributed by atoms with Gasteiger partial charge in [0.05, 0.1) is 17.3 Å². The molecule has 1 saturated carbocycles. The van der Waals surface area contributed by atoms with Gasteiger partial charge in [-0.2, -0.15) is 0 Å². The number of fused-ring (bicyclic) bond motifs is 4. The van der Waals surface area contributed by atoms with Crippen molar-refractivity contribution >= 4 is 39.9 Å². The summed E-state index contributed by atoms with van der Waals surface area (Å²) in [6, 6.07) is 0. The first-order chi connectivity index (χ1) is 13.8. The first kappa shape index (κ1) is 19.1. The zero-order valence-corrected chi connectivity index (χ0v) is 18.5. The van der Waals surface area contributed by atoms with Crippen molar-refractivity contribution in [3.8, 4) is 0 Å². The van der Waals surface area contributed by atoms with Crippen molar-refractivity contribution in [3.63, 3.8) is 0 Å². The lowest BCUT2D eigenvalue weighted by Crippen LogP contribution is -2.50. The van der Waals surface area contributed by atoms with Crippen LogP contribution < -0.4 is 5.32 Å². The van der Waals surface area contributed by atoms with E-state index in [0.717, 1.165) is 36.5 Å². The third-order valence-corrected chi connectivity index (χ3v) is 9.05. The number of nitrogens with zero attached hydrogens (tertiary/aromatic N) is 3. The normalized spacial score (nSPS) is 35.4. The molecule has 3 aliphatic rings. The van der Waals surface area contributed by atoms with Crippen molar-refractivity contribution < 1.29 is 14.3 Å². The number of esters is 1. The summed E-state index contributed by atoms with van der Waals surface area (Å²) in [5.74, 6) is 0.481. The molecule has 1 saturated heterocycles. The second-order valence-electron chi connectivity index (χ2n) is 9.01. The second-order valence-corrected chi connectivity index (χ2v) is 10.8. The van der Waals surface area contributed by atoms with E-state index in [1.54, 1.807) is 18.3 Å². The summed E-state index contributed by atoms with van der Waals surface area (Å²) in [6.45, 7) is 8.30. The molecule has 9 heteroatoms. The summed E-state index contributed by atoms with van der Waals surface area (Å²) in [5, 5.41) is 7.46. The maximum atomic E-state index is 12.6. The lowest BCUT2D eigenvalue weighted by molar-refractivity contribution is -0.149. The third kappa shape index (κ3) is 2.84. The maximum absolute atomic E-state index is 12.6. The van der Waals surface area contributed by atoms with E-state index in [4.69, 9.17) is 9.72 Å². The number of anilines is 1. The SMILES string of the molecule is Cc1nnsc1C(=O)Nc1nc2c(s1)C[C@@]1(C)CC[C@H]3[C@H](OC(=O)[C@H]3C)[C@H]1[C@@H]2C. The number of carbonyl (C=O) groups excluding carboxylic acids is 2. The van der Waals surface area contributed by atoms with E-state index < -0.39 is 0 Å². The minimum Gasteiger partial charge on any atom is -0.461 e. The minimum atomic E-state index is -0.210. The summed E-state index contributed by atoms with van der Waals surface area (Å²) in [4.78, 5) is 31.3. The van der Waals surface area contributed by atoms with Gasteiger partial charge in [-0.1, -0.05) is 25.3 Å². The quantitative estimate of drug-likeness (QED) is 0.725. The molecule has 2 aromatic heterocycles. The van der Waals surface area contributed by atoms with Crippen molar-refractivity contribution in [2.45, 2.75) is 59.0 Å². The lowest BCUT2D eigenvalue weighted by Gasteiger charge is -2.51. The van der Waals surface area contributed by atoms with Crippen LogP contribution in [-0.2, 0) is 16.0 Å². The fourth-order valence-electron chi connectivity index (χ4n) is 5.73. The van der Waals surface area contributed by atoms with Crippen LogP contribution in [-0.4, -0.2) is 32.6 Å². The van der Waals surface area contributed by atoms with Crippen LogP contribution in [0.2, 0.25) is 0 Å². The molecular formula is C20H24N4O3S2. The van der Waals surface area contributed by atoms with E-state index in [1.165, 1.54) is 4.88 Å². The van der Waals surface area contributed by atoms with Gasteiger partial charge < -0.3 is 4.74 Å². The molecule has 3 heterocycles. The molecule has 0 bridgehead atoms. The number of amides is 1. The molecule has 0 spiro atoms. The van der Waals surface area contributed by atoms with E-state index in [0.29, 0.717) is 21.6 Å². The van der Waals surface area contributed by atoms with E-state index in [1.807, 2.05) is 6.92 Å². The summed E-state index contributed by atoms with van der Waals surface area (Å²) in [5.41, 5.74) is 1.76. The predicted octanol–water partition coefficient (Wildman–Crippen LogP) is 3.81. The van der Waals surface area contributed by atoms with Crippen LogP contribution in [0.1, 0.15) is 65.5 Å². The Morgan fingerprint density at radius 2 is 2.10 bits per heavy atom. The van der Waals surface area contributed by atoms with Crippen LogP contribution in [0, 0.1) is 30.1 Å². The Balaban J connectivity index is 1.44. The number of aryl methyl sites for hydroxylation is 1. The van der Waals surface area contributed by atoms with Gasteiger partial charge in [-0.05, 0) is 43.1 Å². The Hall–Kier alpha value is -1.87. The number of rotatable bonds is 2. The molecule has 1 aliphatic heterocycles. The van der Waals surface area contributed by atoms with Crippen molar-refractivity contribution in [2.24, 2.45) is 23.2 Å². The Labute approximate surface area is 177 Å². The molecule has 0 unspecified atom stereocenters. The number of aromatic nitrogens is 3.